The van der Waals surface area contributed by atoms with Gasteiger partial charge < -0.3 is 15.2 Å². The highest BCUT2D eigenvalue weighted by Gasteiger charge is 2.18. The molecule has 22 heavy (non-hydrogen) atoms. The summed E-state index contributed by atoms with van der Waals surface area (Å²) >= 11 is 1.36. The van der Waals surface area contributed by atoms with Gasteiger partial charge in [-0.15, -0.1) is 11.3 Å². The van der Waals surface area contributed by atoms with Gasteiger partial charge in [0, 0.05) is 12.3 Å². The third kappa shape index (κ3) is 3.09. The van der Waals surface area contributed by atoms with E-state index < -0.39 is 0 Å². The minimum absolute atomic E-state index is 0.279. The van der Waals surface area contributed by atoms with Gasteiger partial charge in [-0.25, -0.2) is 15.0 Å². The quantitative estimate of drug-likeness (QED) is 0.761. The van der Waals surface area contributed by atoms with Gasteiger partial charge in [0.15, 0.2) is 11.5 Å². The number of aryl methyl sites for hydroxylation is 2. The Bertz CT molecular complexity index is 799. The zero-order chi connectivity index (χ0) is 15.5. The molecule has 3 rings (SSSR count). The lowest BCUT2D eigenvalue weighted by atomic mass is 10.4. The van der Waals surface area contributed by atoms with Crippen molar-refractivity contribution in [2.75, 3.05) is 10.6 Å². The van der Waals surface area contributed by atoms with E-state index >= 15 is 0 Å². The van der Waals surface area contributed by atoms with Crippen molar-refractivity contribution < 1.29 is 9.32 Å². The Balaban J connectivity index is 1.83. The molecule has 3 aromatic heterocycles. The van der Waals surface area contributed by atoms with Crippen molar-refractivity contribution in [1.82, 2.24) is 20.1 Å². The summed E-state index contributed by atoms with van der Waals surface area (Å²) in [6, 6.07) is 3.28. The molecule has 3 heterocycles. The second kappa shape index (κ2) is 5.90. The summed E-state index contributed by atoms with van der Waals surface area (Å²) < 4.78 is 4.76. The molecule has 112 valence electrons. The topological polar surface area (TPSA) is 106 Å². The maximum atomic E-state index is 12.4. The first-order valence-corrected chi connectivity index (χ1v) is 7.19. The van der Waals surface area contributed by atoms with Crippen molar-refractivity contribution in [3.63, 3.8) is 0 Å². The summed E-state index contributed by atoms with van der Waals surface area (Å²) in [5.74, 6) is 1.16. The molecule has 0 saturated carbocycles. The fourth-order valence-corrected chi connectivity index (χ4v) is 2.58. The zero-order valence-corrected chi connectivity index (χ0v) is 12.6. The molecule has 9 heteroatoms. The Hall–Kier alpha value is -2.81. The van der Waals surface area contributed by atoms with Gasteiger partial charge in [0.2, 0.25) is 0 Å². The number of amides is 1. The smallest absolute Gasteiger partial charge is 0.278 e. The number of hydrogen-bond acceptors (Lipinski definition) is 8. The van der Waals surface area contributed by atoms with E-state index in [1.54, 1.807) is 25.3 Å². The van der Waals surface area contributed by atoms with Crippen LogP contribution in [0.25, 0.3) is 0 Å². The second-order valence-corrected chi connectivity index (χ2v) is 5.57. The summed E-state index contributed by atoms with van der Waals surface area (Å²) in [5.41, 5.74) is 0.279. The van der Waals surface area contributed by atoms with E-state index in [1.807, 2.05) is 6.92 Å². The lowest BCUT2D eigenvalue weighted by Crippen LogP contribution is -2.15. The molecule has 0 radical (unpaired) electrons. The largest absolute Gasteiger partial charge is 0.363 e. The molecule has 0 spiro atoms. The van der Waals surface area contributed by atoms with E-state index in [2.05, 4.69) is 30.7 Å². The summed E-state index contributed by atoms with van der Waals surface area (Å²) in [6.07, 6.45) is 3.03. The third-order valence-electron chi connectivity index (χ3n) is 2.65. The Morgan fingerprint density at radius 2 is 2.09 bits per heavy atom. The van der Waals surface area contributed by atoms with Crippen LogP contribution in [0.1, 0.15) is 21.3 Å². The van der Waals surface area contributed by atoms with Crippen LogP contribution >= 0.6 is 11.3 Å². The molecule has 0 atom stereocenters. The SMILES string of the molecule is Cc1nccc(NC(=O)c2nc(C)sc2Nc2ccon2)n1. The highest BCUT2D eigenvalue weighted by Crippen LogP contribution is 2.27. The van der Waals surface area contributed by atoms with Crippen molar-refractivity contribution in [2.24, 2.45) is 0 Å². The molecule has 8 nitrogen and oxygen atoms in total. The van der Waals surface area contributed by atoms with Crippen molar-refractivity contribution in [1.29, 1.82) is 0 Å². The molecule has 0 unspecified atom stereocenters. The van der Waals surface area contributed by atoms with E-state index in [-0.39, 0.29) is 11.6 Å². The number of carbonyl (C=O) groups is 1. The maximum absolute atomic E-state index is 12.4. The van der Waals surface area contributed by atoms with Gasteiger partial charge in [-0.05, 0) is 19.9 Å². The molecule has 0 aromatic carbocycles. The predicted molar refractivity (Wildman–Crippen MR) is 81.4 cm³/mol. The molecule has 0 bridgehead atoms. The monoisotopic (exact) mass is 316 g/mol. The molecule has 0 aliphatic rings. The fourth-order valence-electron chi connectivity index (χ4n) is 1.76. The first kappa shape index (κ1) is 14.1. The molecular formula is C13H12N6O2S. The van der Waals surface area contributed by atoms with Crippen molar-refractivity contribution in [3.8, 4) is 0 Å². The summed E-state index contributed by atoms with van der Waals surface area (Å²) in [6.45, 7) is 3.57. The summed E-state index contributed by atoms with van der Waals surface area (Å²) in [4.78, 5) is 24.7. The fraction of sp³-hybridized carbons (Fsp3) is 0.154. The third-order valence-corrected chi connectivity index (χ3v) is 3.53. The molecule has 1 amide bonds. The second-order valence-electron chi connectivity index (χ2n) is 4.36. The number of anilines is 3. The first-order chi connectivity index (χ1) is 10.6. The summed E-state index contributed by atoms with van der Waals surface area (Å²) in [7, 11) is 0. The lowest BCUT2D eigenvalue weighted by Gasteiger charge is -2.05. The Labute approximate surface area is 129 Å². The minimum Gasteiger partial charge on any atom is -0.363 e. The van der Waals surface area contributed by atoms with Crippen molar-refractivity contribution >= 4 is 33.9 Å². The number of hydrogen-bond donors (Lipinski definition) is 2. The van der Waals surface area contributed by atoms with Crippen LogP contribution in [0.15, 0.2) is 29.1 Å². The van der Waals surface area contributed by atoms with Crippen molar-refractivity contribution in [2.45, 2.75) is 13.8 Å². The van der Waals surface area contributed by atoms with E-state index in [4.69, 9.17) is 4.52 Å². The van der Waals surface area contributed by atoms with Gasteiger partial charge >= 0.3 is 0 Å². The Morgan fingerprint density at radius 1 is 1.23 bits per heavy atom. The molecule has 0 aliphatic carbocycles. The predicted octanol–water partition coefficient (Wildman–Crippen LogP) is 2.53. The minimum atomic E-state index is -0.353. The highest BCUT2D eigenvalue weighted by atomic mass is 32.1. The normalized spacial score (nSPS) is 10.5. The van der Waals surface area contributed by atoms with Crippen LogP contribution < -0.4 is 10.6 Å². The number of carbonyl (C=O) groups excluding carboxylic acids is 1. The number of nitrogens with one attached hydrogen (secondary N) is 2. The highest BCUT2D eigenvalue weighted by molar-refractivity contribution is 7.16. The van der Waals surface area contributed by atoms with Crippen LogP contribution in [0.4, 0.5) is 16.6 Å². The standard InChI is InChI=1S/C13H12N6O2S/c1-7-14-5-3-9(15-7)17-12(20)11-13(22-8(2)16-11)18-10-4-6-21-19-10/h3-6H,1-2H3,(H,18,19)(H,14,15,17,20). The summed E-state index contributed by atoms with van der Waals surface area (Å²) in [5, 5.41) is 10.8. The molecule has 0 aliphatic heterocycles. The van der Waals surface area contributed by atoms with Crippen LogP contribution in [0.2, 0.25) is 0 Å². The Morgan fingerprint density at radius 3 is 2.82 bits per heavy atom. The molecule has 0 saturated heterocycles. The van der Waals surface area contributed by atoms with E-state index in [0.29, 0.717) is 22.5 Å². The van der Waals surface area contributed by atoms with Crippen LogP contribution in [-0.4, -0.2) is 26.0 Å². The van der Waals surface area contributed by atoms with Crippen LogP contribution in [0, 0.1) is 13.8 Å². The van der Waals surface area contributed by atoms with Gasteiger partial charge in [-0.2, -0.15) is 0 Å². The average Bonchev–Trinajstić information content (AvgIpc) is 3.09. The molecule has 3 aromatic rings. The van der Waals surface area contributed by atoms with Gasteiger partial charge in [0.1, 0.15) is 22.9 Å². The zero-order valence-electron chi connectivity index (χ0n) is 11.8. The molecule has 2 N–H and O–H groups in total. The van der Waals surface area contributed by atoms with Gasteiger partial charge in [-0.1, -0.05) is 5.16 Å². The number of aromatic nitrogens is 4. The van der Waals surface area contributed by atoms with Crippen LogP contribution in [0.3, 0.4) is 0 Å². The van der Waals surface area contributed by atoms with Crippen LogP contribution in [0.5, 0.6) is 0 Å². The number of nitrogens with zero attached hydrogens (tertiary/aromatic N) is 4. The maximum Gasteiger partial charge on any atom is 0.278 e. The average molecular weight is 316 g/mol. The first-order valence-electron chi connectivity index (χ1n) is 6.37. The molecule has 0 fully saturated rings. The van der Waals surface area contributed by atoms with Gasteiger partial charge in [-0.3, -0.25) is 4.79 Å². The number of rotatable bonds is 4. The van der Waals surface area contributed by atoms with Crippen LogP contribution in [-0.2, 0) is 0 Å². The van der Waals surface area contributed by atoms with Crippen molar-refractivity contribution in [3.05, 3.63) is 41.1 Å². The molecular weight excluding hydrogens is 304 g/mol. The van der Waals surface area contributed by atoms with E-state index in [1.165, 1.54) is 17.6 Å². The lowest BCUT2D eigenvalue weighted by molar-refractivity contribution is 0.102. The Kier molecular flexibility index (Phi) is 3.79. The van der Waals surface area contributed by atoms with E-state index in [0.717, 1.165) is 5.01 Å². The van der Waals surface area contributed by atoms with Gasteiger partial charge in [0.25, 0.3) is 5.91 Å². The van der Waals surface area contributed by atoms with Gasteiger partial charge in [0.05, 0.1) is 5.01 Å². The van der Waals surface area contributed by atoms with E-state index in [9.17, 15) is 4.79 Å². The number of thiazole rings is 1.